The van der Waals surface area contributed by atoms with E-state index in [9.17, 15) is 88.6 Å². The number of rotatable bonds is 11. The zero-order chi connectivity index (χ0) is 44.6. The summed E-state index contributed by atoms with van der Waals surface area (Å²) in [6.45, 7) is 5.72. The molecule has 0 unspecified atom stereocenters. The quantitative estimate of drug-likeness (QED) is 0.0729. The molecule has 2 aromatic rings. The summed E-state index contributed by atoms with van der Waals surface area (Å²) in [5, 5.41) is 11.6. The maximum absolute atomic E-state index is 13.6. The molecule has 0 spiro atoms. The van der Waals surface area contributed by atoms with E-state index in [-0.39, 0.29) is 39.8 Å². The number of unbranched alkanes of at least 4 members (excludes halogenated alkanes) is 1. The van der Waals surface area contributed by atoms with Crippen molar-refractivity contribution in [1.82, 2.24) is 34.6 Å². The average Bonchev–Trinajstić information content (AvgIpc) is 3.64. The molecule has 0 aromatic carbocycles. The first-order chi connectivity index (χ1) is 24.4. The van der Waals surface area contributed by atoms with Crippen LogP contribution in [0.1, 0.15) is 42.0 Å². The van der Waals surface area contributed by atoms with Gasteiger partial charge < -0.3 is 16.1 Å². The number of carbonyl (C=O) groups excluding carboxylic acids is 2. The van der Waals surface area contributed by atoms with Crippen LogP contribution in [0.3, 0.4) is 0 Å². The first-order valence-corrected chi connectivity index (χ1v) is 15.4. The summed E-state index contributed by atoms with van der Waals surface area (Å²) in [6.07, 6.45) is -11.5. The Kier molecular flexibility index (Phi) is 21.9. The molecule has 0 fully saturated rings. The van der Waals surface area contributed by atoms with E-state index < -0.39 is 81.8 Å². The molecule has 0 aliphatic carbocycles. The molecule has 10 nitrogen and oxygen atoms in total. The van der Waals surface area contributed by atoms with Gasteiger partial charge >= 0.3 is 66.7 Å². The Labute approximate surface area is 333 Å². The van der Waals surface area contributed by atoms with Gasteiger partial charge in [-0.2, -0.15) is 85.4 Å². The summed E-state index contributed by atoms with van der Waals surface area (Å²) in [7, 11) is 4.09. The Morgan fingerprint density at radius 1 is 0.696 bits per heavy atom. The van der Waals surface area contributed by atoms with Crippen LogP contribution in [-0.2, 0) is 35.6 Å². The van der Waals surface area contributed by atoms with E-state index in [1.165, 1.54) is 20.6 Å². The molecule has 0 saturated carbocycles. The molecule has 2 aromatic heterocycles. The van der Waals surface area contributed by atoms with E-state index in [2.05, 4.69) is 55.0 Å². The van der Waals surface area contributed by atoms with Gasteiger partial charge in [0, 0.05) is 21.1 Å². The van der Waals surface area contributed by atoms with E-state index >= 15 is 0 Å². The van der Waals surface area contributed by atoms with Crippen LogP contribution in [-0.4, -0.2) is 108 Å². The van der Waals surface area contributed by atoms with E-state index in [4.69, 9.17) is 23.2 Å². The van der Waals surface area contributed by atoms with Crippen molar-refractivity contribution in [3.63, 3.8) is 0 Å². The molecule has 0 aliphatic rings. The number of halogens is 21. The Morgan fingerprint density at radius 3 is 1.27 bits per heavy atom. The smallest absolute Gasteiger partial charge is 0.343 e. The van der Waals surface area contributed by atoms with Crippen molar-refractivity contribution in [2.24, 2.45) is 14.1 Å². The van der Waals surface area contributed by atoms with E-state index in [0.717, 1.165) is 11.5 Å². The molecule has 2 heterocycles. The number of hydroxylamine groups is 2. The Hall–Kier alpha value is -2.22. The van der Waals surface area contributed by atoms with Gasteiger partial charge in [-0.15, -0.1) is 43.6 Å². The normalized spacial score (nSPS) is 12.9. The number of Topliss-reactive ketones (excluding diaryl/α,β-unsaturated/α-hetero) is 1. The summed E-state index contributed by atoms with van der Waals surface area (Å²) >= 11 is 12.7. The fourth-order valence-corrected chi connectivity index (χ4v) is 3.24. The summed E-state index contributed by atoms with van der Waals surface area (Å²) in [4.78, 5) is 26.1. The molecule has 0 bridgehead atoms. The Morgan fingerprint density at radius 2 is 1.04 bits per heavy atom. The maximum Gasteiger partial charge on any atom is 1.00 e. The second-order valence-electron chi connectivity index (χ2n) is 9.82. The van der Waals surface area contributed by atoms with Crippen LogP contribution in [0.4, 0.5) is 79.0 Å². The minimum Gasteiger partial charge on any atom is -0.343 e. The molecule has 56 heavy (non-hydrogen) atoms. The van der Waals surface area contributed by atoms with Crippen LogP contribution in [0.5, 0.6) is 0 Å². The number of ketones is 1. The first-order valence-electron chi connectivity index (χ1n) is 13.5. The van der Waals surface area contributed by atoms with Crippen molar-refractivity contribution in [1.29, 1.82) is 0 Å². The van der Waals surface area contributed by atoms with Gasteiger partial charge in [-0.05, 0) is 15.9 Å². The van der Waals surface area contributed by atoms with Gasteiger partial charge in [0.25, 0.3) is 5.91 Å². The minimum absolute atomic E-state index is 0. The average molecular weight is 959 g/mol. The van der Waals surface area contributed by atoms with E-state index in [1.807, 2.05) is 0 Å². The third kappa shape index (κ3) is 12.2. The molecular formula is C24H25BrCl2F18LiN7O3. The summed E-state index contributed by atoms with van der Waals surface area (Å²) < 4.78 is 228. The standard InChI is InChI=1S/C9H5ClF9N3O.C7H3BrF9N3.C4H8ClNO2.C4H9.Li/c1-22-4(3(23)2-10)20-21-5(22)6(11,12)7(13,14)8(15,16)9(17,18)19;1-20-2(18-19-3(20)8)4(9,10)5(11,12)6(13,14)7(15,16)17;1-6(8-2)4(7)3-5;1-3-4-2;/h2H2,1H3;1H3;3H2,1-2H3;1,3-4H2,2H3;/q;;;-1;+1. The van der Waals surface area contributed by atoms with Gasteiger partial charge in [0.2, 0.25) is 23.3 Å². The maximum atomic E-state index is 13.6. The zero-order valence-corrected chi connectivity index (χ0v) is 31.9. The van der Waals surface area contributed by atoms with Gasteiger partial charge in [-0.3, -0.25) is 14.4 Å². The van der Waals surface area contributed by atoms with Crippen LogP contribution in [0.2, 0.25) is 0 Å². The topological polar surface area (TPSA) is 108 Å². The number of alkyl halides is 20. The van der Waals surface area contributed by atoms with Gasteiger partial charge in [-0.1, -0.05) is 13.3 Å². The molecule has 0 atom stereocenters. The molecule has 0 aliphatic heterocycles. The van der Waals surface area contributed by atoms with Gasteiger partial charge in [0.05, 0.1) is 13.0 Å². The third-order valence-corrected chi connectivity index (χ3v) is 7.17. The molecule has 0 radical (unpaired) electrons. The predicted molar refractivity (Wildman–Crippen MR) is 155 cm³/mol. The van der Waals surface area contributed by atoms with E-state index in [0.29, 0.717) is 14.1 Å². The molecule has 0 saturated heterocycles. The van der Waals surface area contributed by atoms with Gasteiger partial charge in [0.15, 0.2) is 4.73 Å². The number of nitrogens with zero attached hydrogens (tertiary/aromatic N) is 7. The predicted octanol–water partition coefficient (Wildman–Crippen LogP) is 5.53. The number of amides is 1. The second-order valence-corrected chi connectivity index (χ2v) is 11.1. The van der Waals surface area contributed by atoms with Crippen molar-refractivity contribution in [2.45, 2.75) is 67.7 Å². The monoisotopic (exact) mass is 957 g/mol. The van der Waals surface area contributed by atoms with Crippen LogP contribution in [0, 0.1) is 6.92 Å². The van der Waals surface area contributed by atoms with Crippen molar-refractivity contribution in [2.75, 3.05) is 25.9 Å². The van der Waals surface area contributed by atoms with Gasteiger partial charge in [-0.25, -0.2) is 5.06 Å². The number of hydrogen-bond donors (Lipinski definition) is 0. The van der Waals surface area contributed by atoms with Crippen molar-refractivity contribution in [3.8, 4) is 0 Å². The zero-order valence-electron chi connectivity index (χ0n) is 28.8. The van der Waals surface area contributed by atoms with Crippen molar-refractivity contribution in [3.05, 3.63) is 29.1 Å². The van der Waals surface area contributed by atoms with Crippen LogP contribution in [0.25, 0.3) is 0 Å². The van der Waals surface area contributed by atoms with E-state index in [1.54, 1.807) is 0 Å². The van der Waals surface area contributed by atoms with Crippen LogP contribution >= 0.6 is 39.1 Å². The number of aromatic nitrogens is 6. The molecular weight excluding hydrogens is 934 g/mol. The molecule has 1 amide bonds. The summed E-state index contributed by atoms with van der Waals surface area (Å²) in [5.41, 5.74) is 0. The summed E-state index contributed by atoms with van der Waals surface area (Å²) in [6, 6.07) is 0. The third-order valence-electron chi connectivity index (χ3n) is 6.01. The molecule has 2 rings (SSSR count). The summed E-state index contributed by atoms with van der Waals surface area (Å²) in [5.74, 6) is -47.3. The second kappa shape index (κ2) is 21.2. The Bertz CT molecular complexity index is 1560. The van der Waals surface area contributed by atoms with Crippen molar-refractivity contribution < 1.29 is 112 Å². The SMILES string of the molecule is CON(C)C(=O)CCl.Cn1c(Br)nnc1C(F)(F)C(F)(F)C(F)(F)C(F)(F)F.Cn1c(C(=O)CCl)nnc1C(F)(F)C(F)(F)C(F)(F)C(F)(F)F.[CH2-]CCC.[Li+]. The fraction of sp³-hybridized carbons (Fsp3) is 0.708. The van der Waals surface area contributed by atoms with Gasteiger partial charge in [0.1, 0.15) is 5.88 Å². The fourth-order valence-electron chi connectivity index (χ4n) is 2.71. The number of carbonyl (C=O) groups is 2. The molecule has 0 N–H and O–H groups in total. The number of hydrogen-bond acceptors (Lipinski definition) is 7. The minimum atomic E-state index is -7.06. The molecule has 32 heteroatoms. The molecule has 322 valence electrons. The van der Waals surface area contributed by atoms with Crippen molar-refractivity contribution >= 4 is 50.8 Å². The Balaban J connectivity index is -0.000000772. The van der Waals surface area contributed by atoms with Crippen LogP contribution in [0.15, 0.2) is 4.73 Å². The van der Waals surface area contributed by atoms with Crippen LogP contribution < -0.4 is 18.9 Å². The largest absolute Gasteiger partial charge is 1.00 e. The first kappa shape index (κ1) is 58.1.